The molecular weight excluding hydrogens is 214 g/mol. The van der Waals surface area contributed by atoms with Crippen LogP contribution in [0.2, 0.25) is 0 Å². The van der Waals surface area contributed by atoms with Crippen LogP contribution < -0.4 is 4.74 Å². The number of ether oxygens (including phenoxy) is 1. The number of Topliss-reactive ketones (excluding diaryl/α,β-unsaturated/α-hetero) is 1. The van der Waals surface area contributed by atoms with Crippen LogP contribution in [0.15, 0.2) is 24.3 Å². The maximum Gasteiger partial charge on any atom is 0.169 e. The predicted octanol–water partition coefficient (Wildman–Crippen LogP) is 2.47. The molecule has 0 amide bonds. The van der Waals surface area contributed by atoms with Crippen LogP contribution in [-0.4, -0.2) is 38.4 Å². The number of nitrogens with zero attached hydrogens (tertiary/aromatic N) is 1. The summed E-state index contributed by atoms with van der Waals surface area (Å²) in [6.45, 7) is 4.66. The Kier molecular flexibility index (Phi) is 4.29. The van der Waals surface area contributed by atoms with E-state index in [1.165, 1.54) is 0 Å². The fourth-order valence-corrected chi connectivity index (χ4v) is 2.02. The van der Waals surface area contributed by atoms with Gasteiger partial charge in [-0.3, -0.25) is 4.79 Å². The van der Waals surface area contributed by atoms with E-state index in [0.717, 1.165) is 12.3 Å². The van der Waals surface area contributed by atoms with Gasteiger partial charge in [-0.1, -0.05) is 26.0 Å². The maximum atomic E-state index is 12.4. The standard InChI is InChI=1S/C14H21NO2/c1-14(2,10-15(3)4)13(16)11-7-6-8-12(9-11)17-5/h6-9H,10H2,1-5H3. The summed E-state index contributed by atoms with van der Waals surface area (Å²) >= 11 is 0. The summed E-state index contributed by atoms with van der Waals surface area (Å²) in [5, 5.41) is 0. The second-order valence-corrected chi connectivity index (χ2v) is 5.18. The van der Waals surface area contributed by atoms with Crippen molar-refractivity contribution in [3.8, 4) is 5.75 Å². The molecule has 0 aliphatic heterocycles. The highest BCUT2D eigenvalue weighted by molar-refractivity contribution is 6.00. The average molecular weight is 235 g/mol. The van der Waals surface area contributed by atoms with E-state index in [2.05, 4.69) is 0 Å². The third-order valence-corrected chi connectivity index (χ3v) is 2.66. The molecule has 0 N–H and O–H groups in total. The zero-order valence-electron chi connectivity index (χ0n) is 11.3. The van der Waals surface area contributed by atoms with Gasteiger partial charge >= 0.3 is 0 Å². The number of carbonyl (C=O) groups excluding carboxylic acids is 1. The molecule has 0 atom stereocenters. The first-order valence-corrected chi connectivity index (χ1v) is 5.70. The Bertz CT molecular complexity index is 397. The highest BCUT2D eigenvalue weighted by atomic mass is 16.5. The number of benzene rings is 1. The van der Waals surface area contributed by atoms with Crippen LogP contribution in [0.3, 0.4) is 0 Å². The van der Waals surface area contributed by atoms with Crippen LogP contribution in [0.1, 0.15) is 24.2 Å². The highest BCUT2D eigenvalue weighted by Crippen LogP contribution is 2.24. The van der Waals surface area contributed by atoms with E-state index in [4.69, 9.17) is 4.74 Å². The summed E-state index contributed by atoms with van der Waals surface area (Å²) in [5.41, 5.74) is 0.312. The summed E-state index contributed by atoms with van der Waals surface area (Å²) in [4.78, 5) is 14.4. The Hall–Kier alpha value is -1.35. The Morgan fingerprint density at radius 1 is 1.35 bits per heavy atom. The van der Waals surface area contributed by atoms with E-state index in [0.29, 0.717) is 5.56 Å². The van der Waals surface area contributed by atoms with Crippen molar-refractivity contribution < 1.29 is 9.53 Å². The molecule has 1 rings (SSSR count). The van der Waals surface area contributed by atoms with Gasteiger partial charge in [-0.05, 0) is 26.2 Å². The van der Waals surface area contributed by atoms with Gasteiger partial charge in [0.05, 0.1) is 7.11 Å². The zero-order valence-corrected chi connectivity index (χ0v) is 11.3. The Balaban J connectivity index is 2.95. The van der Waals surface area contributed by atoms with Crippen molar-refractivity contribution >= 4 is 5.78 Å². The molecule has 1 aromatic rings. The highest BCUT2D eigenvalue weighted by Gasteiger charge is 2.29. The lowest BCUT2D eigenvalue weighted by Gasteiger charge is -2.26. The molecule has 3 heteroatoms. The van der Waals surface area contributed by atoms with E-state index < -0.39 is 5.41 Å². The predicted molar refractivity (Wildman–Crippen MR) is 69.7 cm³/mol. The first-order chi connectivity index (χ1) is 7.86. The Morgan fingerprint density at radius 2 is 2.00 bits per heavy atom. The van der Waals surface area contributed by atoms with Crippen LogP contribution in [-0.2, 0) is 0 Å². The third kappa shape index (κ3) is 3.56. The number of carbonyl (C=O) groups is 1. The normalized spacial score (nSPS) is 11.6. The second kappa shape index (κ2) is 5.32. The molecule has 0 heterocycles. The minimum Gasteiger partial charge on any atom is -0.497 e. The lowest BCUT2D eigenvalue weighted by Crippen LogP contribution is -2.35. The van der Waals surface area contributed by atoms with Crippen LogP contribution in [0, 0.1) is 5.41 Å². The molecule has 0 unspecified atom stereocenters. The molecule has 94 valence electrons. The van der Waals surface area contributed by atoms with E-state index in [-0.39, 0.29) is 5.78 Å². The molecular formula is C14H21NO2. The number of hydrogen-bond acceptors (Lipinski definition) is 3. The van der Waals surface area contributed by atoms with Crippen molar-refractivity contribution in [1.29, 1.82) is 0 Å². The molecule has 0 saturated heterocycles. The SMILES string of the molecule is COc1cccc(C(=O)C(C)(C)CN(C)C)c1. The summed E-state index contributed by atoms with van der Waals surface area (Å²) in [6.07, 6.45) is 0. The van der Waals surface area contributed by atoms with Gasteiger partial charge in [0.2, 0.25) is 0 Å². The minimum absolute atomic E-state index is 0.144. The molecule has 0 aliphatic rings. The first-order valence-electron chi connectivity index (χ1n) is 5.70. The van der Waals surface area contributed by atoms with Crippen molar-refractivity contribution in [2.45, 2.75) is 13.8 Å². The van der Waals surface area contributed by atoms with Crippen LogP contribution in [0.4, 0.5) is 0 Å². The zero-order chi connectivity index (χ0) is 13.1. The monoisotopic (exact) mass is 235 g/mol. The molecule has 17 heavy (non-hydrogen) atoms. The second-order valence-electron chi connectivity index (χ2n) is 5.18. The van der Waals surface area contributed by atoms with Gasteiger partial charge in [0.15, 0.2) is 5.78 Å². The fraction of sp³-hybridized carbons (Fsp3) is 0.500. The molecule has 3 nitrogen and oxygen atoms in total. The topological polar surface area (TPSA) is 29.5 Å². The lowest BCUT2D eigenvalue weighted by molar-refractivity contribution is 0.0797. The number of hydrogen-bond donors (Lipinski definition) is 0. The lowest BCUT2D eigenvalue weighted by atomic mass is 9.84. The summed E-state index contributed by atoms with van der Waals surface area (Å²) in [7, 11) is 5.55. The van der Waals surface area contributed by atoms with Gasteiger partial charge in [-0.15, -0.1) is 0 Å². The molecule has 0 radical (unpaired) electrons. The van der Waals surface area contributed by atoms with E-state index in [9.17, 15) is 4.79 Å². The third-order valence-electron chi connectivity index (χ3n) is 2.66. The maximum absolute atomic E-state index is 12.4. The summed E-state index contributed by atoms with van der Waals surface area (Å²) in [6, 6.07) is 7.32. The molecule has 0 spiro atoms. The first kappa shape index (κ1) is 13.7. The van der Waals surface area contributed by atoms with Crippen LogP contribution in [0.5, 0.6) is 5.75 Å². The van der Waals surface area contributed by atoms with Crippen LogP contribution in [0.25, 0.3) is 0 Å². The van der Waals surface area contributed by atoms with Crippen molar-refractivity contribution in [2.24, 2.45) is 5.41 Å². The summed E-state index contributed by atoms with van der Waals surface area (Å²) < 4.78 is 5.14. The van der Waals surface area contributed by atoms with Gasteiger partial charge in [0, 0.05) is 17.5 Å². The summed E-state index contributed by atoms with van der Waals surface area (Å²) in [5.74, 6) is 0.863. The molecule has 0 aromatic heterocycles. The van der Waals surface area contributed by atoms with Gasteiger partial charge in [0.25, 0.3) is 0 Å². The average Bonchev–Trinajstić information content (AvgIpc) is 2.26. The largest absolute Gasteiger partial charge is 0.497 e. The van der Waals surface area contributed by atoms with Gasteiger partial charge in [-0.2, -0.15) is 0 Å². The fourth-order valence-electron chi connectivity index (χ4n) is 2.02. The minimum atomic E-state index is -0.393. The Labute approximate surface area is 103 Å². The van der Waals surface area contributed by atoms with E-state index in [1.807, 2.05) is 51.0 Å². The smallest absolute Gasteiger partial charge is 0.169 e. The van der Waals surface area contributed by atoms with E-state index >= 15 is 0 Å². The van der Waals surface area contributed by atoms with Crippen molar-refractivity contribution in [3.05, 3.63) is 29.8 Å². The van der Waals surface area contributed by atoms with E-state index in [1.54, 1.807) is 13.2 Å². The van der Waals surface area contributed by atoms with Gasteiger partial charge < -0.3 is 9.64 Å². The molecule has 0 saturated carbocycles. The van der Waals surface area contributed by atoms with Gasteiger partial charge in [-0.25, -0.2) is 0 Å². The number of methoxy groups -OCH3 is 1. The number of ketones is 1. The quantitative estimate of drug-likeness (QED) is 0.734. The Morgan fingerprint density at radius 3 is 2.53 bits per heavy atom. The van der Waals surface area contributed by atoms with Crippen LogP contribution >= 0.6 is 0 Å². The van der Waals surface area contributed by atoms with Crippen molar-refractivity contribution in [3.63, 3.8) is 0 Å². The molecule has 0 bridgehead atoms. The molecule has 0 aliphatic carbocycles. The molecule has 0 fully saturated rings. The van der Waals surface area contributed by atoms with Crippen molar-refractivity contribution in [1.82, 2.24) is 4.90 Å². The van der Waals surface area contributed by atoms with Crippen molar-refractivity contribution in [2.75, 3.05) is 27.7 Å². The number of rotatable bonds is 5. The molecule has 1 aromatic carbocycles. The van der Waals surface area contributed by atoms with Gasteiger partial charge in [0.1, 0.15) is 5.75 Å².